The molecule has 5 N–H and O–H groups in total. The Kier molecular flexibility index (Phi) is 9.07. The average Bonchev–Trinajstić information content (AvgIpc) is 2.91. The fourth-order valence-electron chi connectivity index (χ4n) is 3.68. The van der Waals surface area contributed by atoms with E-state index in [9.17, 15) is 9.59 Å². The van der Waals surface area contributed by atoms with Crippen LogP contribution in [-0.4, -0.2) is 69.8 Å². The fourth-order valence-corrected chi connectivity index (χ4v) is 3.68. The number of aromatic nitrogens is 2. The van der Waals surface area contributed by atoms with Gasteiger partial charge in [0.2, 0.25) is 11.9 Å². The molecule has 0 aliphatic carbocycles. The second kappa shape index (κ2) is 12.4. The highest BCUT2D eigenvalue weighted by Gasteiger charge is 2.21. The van der Waals surface area contributed by atoms with Crippen LogP contribution in [0.4, 0.5) is 5.95 Å². The third-order valence-electron chi connectivity index (χ3n) is 5.75. The number of rotatable bonds is 8. The SMILES string of the molecule is Cc1cnc(NC(C=NC2CCN(C(=O)CO)CC2)=CN)nc1-c1ccc(C(=O)N[C@@H](C)C#N)cc1. The van der Waals surface area contributed by atoms with Crippen molar-refractivity contribution in [3.05, 3.63) is 53.5 Å². The minimum atomic E-state index is -0.577. The van der Waals surface area contributed by atoms with E-state index in [4.69, 9.17) is 16.1 Å². The Bertz CT molecular complexity index is 1180. The predicted molar refractivity (Wildman–Crippen MR) is 136 cm³/mol. The predicted octanol–water partition coefficient (Wildman–Crippen LogP) is 1.36. The van der Waals surface area contributed by atoms with Crippen LogP contribution in [-0.2, 0) is 4.79 Å². The Hall–Kier alpha value is -4.30. The molecule has 1 aromatic carbocycles. The molecule has 1 fully saturated rings. The first-order valence-corrected chi connectivity index (χ1v) is 11.6. The van der Waals surface area contributed by atoms with Gasteiger partial charge in [-0.25, -0.2) is 9.97 Å². The summed E-state index contributed by atoms with van der Waals surface area (Å²) < 4.78 is 0. The minimum Gasteiger partial charge on any atom is -0.403 e. The van der Waals surface area contributed by atoms with Gasteiger partial charge in [-0.1, -0.05) is 12.1 Å². The van der Waals surface area contributed by atoms with Gasteiger partial charge >= 0.3 is 0 Å². The molecule has 0 radical (unpaired) electrons. The summed E-state index contributed by atoms with van der Waals surface area (Å²) in [5, 5.41) is 23.5. The number of anilines is 1. The number of aliphatic hydroxyl groups is 1. The number of benzene rings is 1. The van der Waals surface area contributed by atoms with Crippen molar-refractivity contribution >= 4 is 24.0 Å². The van der Waals surface area contributed by atoms with E-state index in [-0.39, 0.29) is 17.9 Å². The van der Waals surface area contributed by atoms with Crippen LogP contribution >= 0.6 is 0 Å². The van der Waals surface area contributed by atoms with Crippen LogP contribution in [0.2, 0.25) is 0 Å². The maximum absolute atomic E-state index is 12.2. The van der Waals surface area contributed by atoms with Gasteiger partial charge in [0.05, 0.1) is 23.5 Å². The molecule has 0 spiro atoms. The van der Waals surface area contributed by atoms with Crippen molar-refractivity contribution in [3.8, 4) is 17.3 Å². The Balaban J connectivity index is 1.66. The highest BCUT2D eigenvalue weighted by atomic mass is 16.3. The van der Waals surface area contributed by atoms with Crippen molar-refractivity contribution in [2.24, 2.45) is 10.7 Å². The average molecular weight is 491 g/mol. The quantitative estimate of drug-likeness (QED) is 0.402. The lowest BCUT2D eigenvalue weighted by atomic mass is 10.1. The lowest BCUT2D eigenvalue weighted by Crippen LogP contribution is -2.41. The van der Waals surface area contributed by atoms with Crippen molar-refractivity contribution in [2.75, 3.05) is 25.0 Å². The minimum absolute atomic E-state index is 0.0471. The number of hydrogen-bond donors (Lipinski definition) is 4. The van der Waals surface area contributed by atoms with E-state index in [1.165, 1.54) is 6.20 Å². The normalized spacial score (nSPS) is 15.4. The summed E-state index contributed by atoms with van der Waals surface area (Å²) in [4.78, 5) is 39.0. The lowest BCUT2D eigenvalue weighted by molar-refractivity contribution is -0.135. The standard InChI is InChI=1S/C25H30N8O3/c1-16-13-29-25(31-21(12-27)14-28-20-7-9-33(10-8-20)22(35)15-34)32-23(16)18-3-5-19(6-4-18)24(36)30-17(2)11-26/h3-6,12-14,17,20,34H,7-10,15,27H2,1-2H3,(H,30,36)(H,29,31,32)/t17-/m0/s1. The number of hydrogen-bond acceptors (Lipinski definition) is 9. The molecule has 11 nitrogen and oxygen atoms in total. The first-order valence-electron chi connectivity index (χ1n) is 11.6. The van der Waals surface area contributed by atoms with Crippen molar-refractivity contribution in [1.82, 2.24) is 20.2 Å². The van der Waals surface area contributed by atoms with Gasteiger partial charge in [0.15, 0.2) is 0 Å². The molecule has 1 saturated heterocycles. The van der Waals surface area contributed by atoms with Crippen LogP contribution in [0.1, 0.15) is 35.7 Å². The Labute approximate surface area is 209 Å². The highest BCUT2D eigenvalue weighted by molar-refractivity contribution is 5.95. The largest absolute Gasteiger partial charge is 0.403 e. The van der Waals surface area contributed by atoms with Crippen molar-refractivity contribution in [1.29, 1.82) is 5.26 Å². The number of nitriles is 1. The molecule has 1 atom stereocenters. The van der Waals surface area contributed by atoms with Gasteiger partial charge in [0.25, 0.3) is 5.91 Å². The number of nitrogens with two attached hydrogens (primary N) is 1. The first kappa shape index (κ1) is 26.3. The Morgan fingerprint density at radius 3 is 2.64 bits per heavy atom. The highest BCUT2D eigenvalue weighted by Crippen LogP contribution is 2.23. The van der Waals surface area contributed by atoms with E-state index in [2.05, 4.69) is 25.6 Å². The number of aliphatic hydroxyl groups excluding tert-OH is 1. The fraction of sp³-hybridized carbons (Fsp3) is 0.360. The van der Waals surface area contributed by atoms with Gasteiger partial charge in [-0.05, 0) is 44.4 Å². The van der Waals surface area contributed by atoms with E-state index < -0.39 is 12.6 Å². The monoisotopic (exact) mass is 490 g/mol. The molecular formula is C25H30N8O3. The molecule has 2 aromatic rings. The third-order valence-corrected chi connectivity index (χ3v) is 5.75. The lowest BCUT2D eigenvalue weighted by Gasteiger charge is -2.29. The summed E-state index contributed by atoms with van der Waals surface area (Å²) in [7, 11) is 0. The molecule has 1 aromatic heterocycles. The maximum atomic E-state index is 12.2. The molecule has 1 aliphatic rings. The summed E-state index contributed by atoms with van der Waals surface area (Å²) in [6.07, 6.45) is 6.11. The zero-order valence-corrected chi connectivity index (χ0v) is 20.3. The molecule has 36 heavy (non-hydrogen) atoms. The number of nitrogens with one attached hydrogen (secondary N) is 2. The van der Waals surface area contributed by atoms with Gasteiger partial charge in [-0.2, -0.15) is 5.26 Å². The molecule has 2 amide bonds. The van der Waals surface area contributed by atoms with E-state index >= 15 is 0 Å². The van der Waals surface area contributed by atoms with Gasteiger partial charge in [0.1, 0.15) is 12.6 Å². The topological polar surface area (TPSA) is 170 Å². The smallest absolute Gasteiger partial charge is 0.252 e. The zero-order valence-electron chi connectivity index (χ0n) is 20.3. The van der Waals surface area contributed by atoms with Crippen molar-refractivity contribution in [3.63, 3.8) is 0 Å². The van der Waals surface area contributed by atoms with E-state index in [1.54, 1.807) is 48.5 Å². The summed E-state index contributed by atoms with van der Waals surface area (Å²) >= 11 is 0. The van der Waals surface area contributed by atoms with Crippen LogP contribution in [0.25, 0.3) is 11.3 Å². The van der Waals surface area contributed by atoms with Crippen molar-refractivity contribution in [2.45, 2.75) is 38.8 Å². The first-order chi connectivity index (χ1) is 17.3. The molecule has 1 aliphatic heterocycles. The van der Waals surface area contributed by atoms with Crippen LogP contribution in [0, 0.1) is 18.3 Å². The number of nitrogens with zero attached hydrogens (tertiary/aromatic N) is 5. The summed E-state index contributed by atoms with van der Waals surface area (Å²) in [5.41, 5.74) is 9.10. The van der Waals surface area contributed by atoms with Crippen LogP contribution < -0.4 is 16.4 Å². The number of amides is 2. The zero-order chi connectivity index (χ0) is 26.1. The molecule has 11 heteroatoms. The number of likely N-dealkylation sites (tertiary alicyclic amines) is 1. The molecular weight excluding hydrogens is 460 g/mol. The van der Waals surface area contributed by atoms with Crippen LogP contribution in [0.3, 0.4) is 0 Å². The molecule has 0 unspecified atom stereocenters. The van der Waals surface area contributed by atoms with E-state index in [0.29, 0.717) is 48.8 Å². The summed E-state index contributed by atoms with van der Waals surface area (Å²) in [5.74, 6) is -0.243. The number of aliphatic imine (C=N–C) groups is 1. The molecule has 2 heterocycles. The Morgan fingerprint density at radius 2 is 2.03 bits per heavy atom. The van der Waals surface area contributed by atoms with Crippen LogP contribution in [0.5, 0.6) is 0 Å². The van der Waals surface area contributed by atoms with E-state index in [1.807, 2.05) is 13.0 Å². The second-order valence-electron chi connectivity index (χ2n) is 8.42. The van der Waals surface area contributed by atoms with Gasteiger partial charge < -0.3 is 26.4 Å². The molecule has 0 saturated carbocycles. The number of carbonyl (C=O) groups excluding carboxylic acids is 2. The Morgan fingerprint density at radius 1 is 1.33 bits per heavy atom. The number of allylic oxidation sites excluding steroid dienone is 1. The summed E-state index contributed by atoms with van der Waals surface area (Å²) in [6.45, 7) is 4.14. The number of aryl methyl sites for hydroxylation is 1. The van der Waals surface area contributed by atoms with Gasteiger partial charge in [-0.15, -0.1) is 0 Å². The maximum Gasteiger partial charge on any atom is 0.252 e. The second-order valence-corrected chi connectivity index (χ2v) is 8.42. The van der Waals surface area contributed by atoms with Gasteiger partial charge in [-0.3, -0.25) is 14.6 Å². The third kappa shape index (κ3) is 6.86. The van der Waals surface area contributed by atoms with Crippen LogP contribution in [0.15, 0.2) is 47.4 Å². The number of piperidine rings is 1. The molecule has 188 valence electrons. The van der Waals surface area contributed by atoms with E-state index in [0.717, 1.165) is 11.1 Å². The van der Waals surface area contributed by atoms with Gasteiger partial charge in [0, 0.05) is 42.8 Å². The molecule has 3 rings (SSSR count). The summed E-state index contributed by atoms with van der Waals surface area (Å²) in [6, 6.07) is 8.39. The van der Waals surface area contributed by atoms with Crippen molar-refractivity contribution < 1.29 is 14.7 Å². The molecule has 0 bridgehead atoms. The number of carbonyl (C=O) groups is 2.